The van der Waals surface area contributed by atoms with E-state index in [9.17, 15) is 0 Å². The van der Waals surface area contributed by atoms with Crippen molar-refractivity contribution in [2.45, 2.75) is 45.7 Å². The minimum atomic E-state index is 0.276. The topological polar surface area (TPSA) is 40.8 Å². The largest absolute Gasteiger partial charge is 0.353 e. The minimum absolute atomic E-state index is 0.276. The van der Waals surface area contributed by atoms with Crippen LogP contribution < -0.4 is 5.32 Å². The second-order valence-electron chi connectivity index (χ2n) is 5.96. The molecule has 3 heteroatoms. The lowest BCUT2D eigenvalue weighted by atomic mass is 9.99. The van der Waals surface area contributed by atoms with Gasteiger partial charge in [0.05, 0.1) is 6.07 Å². The van der Waals surface area contributed by atoms with Crippen molar-refractivity contribution in [1.82, 2.24) is 9.88 Å². The Hall–Kier alpha value is -1.27. The third-order valence-corrected chi connectivity index (χ3v) is 4.04. The molecular formula is C15H23N3. The van der Waals surface area contributed by atoms with Gasteiger partial charge >= 0.3 is 0 Å². The van der Waals surface area contributed by atoms with E-state index in [1.807, 2.05) is 7.05 Å². The van der Waals surface area contributed by atoms with Gasteiger partial charge in [-0.25, -0.2) is 0 Å². The molecule has 1 aromatic heterocycles. The lowest BCUT2D eigenvalue weighted by Gasteiger charge is -2.19. The van der Waals surface area contributed by atoms with E-state index in [2.05, 4.69) is 48.3 Å². The van der Waals surface area contributed by atoms with Gasteiger partial charge in [-0.15, -0.1) is 0 Å². The number of nitriles is 1. The summed E-state index contributed by atoms with van der Waals surface area (Å²) in [5.74, 6) is 0.583. The Kier molecular flexibility index (Phi) is 3.77. The van der Waals surface area contributed by atoms with Gasteiger partial charge in [-0.05, 0) is 37.4 Å². The number of rotatable bonds is 6. The summed E-state index contributed by atoms with van der Waals surface area (Å²) in [4.78, 5) is 0. The van der Waals surface area contributed by atoms with Crippen molar-refractivity contribution in [2.24, 2.45) is 11.3 Å². The molecule has 1 saturated carbocycles. The van der Waals surface area contributed by atoms with Crippen molar-refractivity contribution in [3.05, 3.63) is 24.0 Å². The summed E-state index contributed by atoms with van der Waals surface area (Å²) in [5.41, 5.74) is 1.62. The minimum Gasteiger partial charge on any atom is -0.353 e. The Morgan fingerprint density at radius 1 is 1.50 bits per heavy atom. The summed E-state index contributed by atoms with van der Waals surface area (Å²) >= 11 is 0. The Morgan fingerprint density at radius 2 is 2.22 bits per heavy atom. The molecule has 0 amide bonds. The van der Waals surface area contributed by atoms with Gasteiger partial charge < -0.3 is 9.88 Å². The van der Waals surface area contributed by atoms with E-state index in [-0.39, 0.29) is 5.41 Å². The van der Waals surface area contributed by atoms with Crippen LogP contribution in [-0.2, 0) is 6.54 Å². The molecule has 18 heavy (non-hydrogen) atoms. The molecule has 3 nitrogen and oxygen atoms in total. The van der Waals surface area contributed by atoms with E-state index in [0.717, 1.165) is 6.54 Å². The summed E-state index contributed by atoms with van der Waals surface area (Å²) in [6.07, 6.45) is 7.49. The molecule has 1 fully saturated rings. The van der Waals surface area contributed by atoms with Crippen LogP contribution >= 0.6 is 0 Å². The molecule has 98 valence electrons. The highest BCUT2D eigenvalue weighted by Crippen LogP contribution is 2.50. The van der Waals surface area contributed by atoms with Crippen molar-refractivity contribution in [2.75, 3.05) is 7.05 Å². The number of hydrogen-bond donors (Lipinski definition) is 1. The fourth-order valence-electron chi connectivity index (χ4n) is 2.75. The zero-order valence-corrected chi connectivity index (χ0v) is 11.6. The number of aromatic nitrogens is 1. The van der Waals surface area contributed by atoms with Gasteiger partial charge in [-0.2, -0.15) is 5.26 Å². The third kappa shape index (κ3) is 2.76. The van der Waals surface area contributed by atoms with Crippen LogP contribution in [0.4, 0.5) is 0 Å². The van der Waals surface area contributed by atoms with Crippen molar-refractivity contribution in [1.29, 1.82) is 5.26 Å². The van der Waals surface area contributed by atoms with E-state index >= 15 is 0 Å². The van der Waals surface area contributed by atoms with Gasteiger partial charge in [-0.3, -0.25) is 0 Å². The zero-order chi connectivity index (χ0) is 13.2. The van der Waals surface area contributed by atoms with Gasteiger partial charge in [-0.1, -0.05) is 13.8 Å². The molecule has 0 bridgehead atoms. The first-order valence-corrected chi connectivity index (χ1v) is 6.80. The number of nitrogens with one attached hydrogen (secondary N) is 1. The summed E-state index contributed by atoms with van der Waals surface area (Å²) in [5, 5.41) is 12.2. The second-order valence-corrected chi connectivity index (χ2v) is 5.96. The van der Waals surface area contributed by atoms with E-state index < -0.39 is 0 Å². The average molecular weight is 245 g/mol. The molecular weight excluding hydrogens is 222 g/mol. The van der Waals surface area contributed by atoms with Gasteiger partial charge in [0.1, 0.15) is 0 Å². The maximum Gasteiger partial charge on any atom is 0.0628 e. The standard InChI is InChI=1S/C15H23N3/c1-12(2)14(17-3)13-4-9-18(10-13)11-15(5-6-15)7-8-16/h4,9-10,12,14,17H,5-7,11H2,1-3H3. The van der Waals surface area contributed by atoms with Gasteiger partial charge in [0.15, 0.2) is 0 Å². The molecule has 1 N–H and O–H groups in total. The molecule has 0 aliphatic heterocycles. The molecule has 1 aromatic rings. The maximum atomic E-state index is 8.85. The normalized spacial score (nSPS) is 18.6. The number of hydrogen-bond acceptors (Lipinski definition) is 2. The van der Waals surface area contributed by atoms with Crippen LogP contribution in [0.15, 0.2) is 18.5 Å². The average Bonchev–Trinajstić information content (AvgIpc) is 2.90. The third-order valence-electron chi connectivity index (χ3n) is 4.04. The highest BCUT2D eigenvalue weighted by Gasteiger charge is 2.42. The predicted molar refractivity (Wildman–Crippen MR) is 73.0 cm³/mol. The fraction of sp³-hybridized carbons (Fsp3) is 0.667. The lowest BCUT2D eigenvalue weighted by molar-refractivity contribution is 0.424. The molecule has 1 aliphatic rings. The van der Waals surface area contributed by atoms with Crippen LogP contribution in [0.3, 0.4) is 0 Å². The lowest BCUT2D eigenvalue weighted by Crippen LogP contribution is -2.21. The monoisotopic (exact) mass is 245 g/mol. The molecule has 1 atom stereocenters. The molecule has 1 heterocycles. The second kappa shape index (κ2) is 5.16. The molecule has 1 unspecified atom stereocenters. The number of nitrogens with zero attached hydrogens (tertiary/aromatic N) is 2. The van der Waals surface area contributed by atoms with E-state index in [0.29, 0.717) is 18.4 Å². The summed E-state index contributed by atoms with van der Waals surface area (Å²) < 4.78 is 2.26. The van der Waals surface area contributed by atoms with Crippen molar-refractivity contribution >= 4 is 0 Å². The smallest absolute Gasteiger partial charge is 0.0628 e. The quantitative estimate of drug-likeness (QED) is 0.836. The molecule has 0 spiro atoms. The SMILES string of the molecule is CNC(c1ccn(CC2(CC#N)CC2)c1)C(C)C. The molecule has 2 rings (SSSR count). The van der Waals surface area contributed by atoms with Crippen LogP contribution in [-0.4, -0.2) is 11.6 Å². The van der Waals surface area contributed by atoms with Crippen LogP contribution in [0.1, 0.15) is 44.7 Å². The Labute approximate surface area is 110 Å². The highest BCUT2D eigenvalue weighted by molar-refractivity contribution is 5.17. The first kappa shape index (κ1) is 13.2. The van der Waals surface area contributed by atoms with Gasteiger partial charge in [0, 0.05) is 36.8 Å². The van der Waals surface area contributed by atoms with Crippen molar-refractivity contribution in [3.63, 3.8) is 0 Å². The van der Waals surface area contributed by atoms with Crippen LogP contribution in [0, 0.1) is 22.7 Å². The Morgan fingerprint density at radius 3 is 2.72 bits per heavy atom. The van der Waals surface area contributed by atoms with Gasteiger partial charge in [0.2, 0.25) is 0 Å². The van der Waals surface area contributed by atoms with E-state index in [4.69, 9.17) is 5.26 Å². The summed E-state index contributed by atoms with van der Waals surface area (Å²) in [6.45, 7) is 5.46. The Bertz CT molecular complexity index is 435. The highest BCUT2D eigenvalue weighted by atomic mass is 15.0. The summed E-state index contributed by atoms with van der Waals surface area (Å²) in [7, 11) is 2.01. The zero-order valence-electron chi connectivity index (χ0n) is 11.6. The van der Waals surface area contributed by atoms with Gasteiger partial charge in [0.25, 0.3) is 0 Å². The van der Waals surface area contributed by atoms with Crippen LogP contribution in [0.5, 0.6) is 0 Å². The molecule has 1 aliphatic carbocycles. The molecule has 0 aromatic carbocycles. The van der Waals surface area contributed by atoms with Crippen LogP contribution in [0.25, 0.3) is 0 Å². The fourth-order valence-corrected chi connectivity index (χ4v) is 2.75. The summed E-state index contributed by atoms with van der Waals surface area (Å²) in [6, 6.07) is 4.94. The predicted octanol–water partition coefficient (Wildman–Crippen LogP) is 3.10. The Balaban J connectivity index is 2.04. The maximum absolute atomic E-state index is 8.85. The molecule has 0 radical (unpaired) electrons. The van der Waals surface area contributed by atoms with Crippen molar-refractivity contribution in [3.8, 4) is 6.07 Å². The first-order chi connectivity index (χ1) is 8.60. The van der Waals surface area contributed by atoms with E-state index in [1.54, 1.807) is 0 Å². The van der Waals surface area contributed by atoms with E-state index in [1.165, 1.54) is 18.4 Å². The van der Waals surface area contributed by atoms with Crippen molar-refractivity contribution < 1.29 is 0 Å². The van der Waals surface area contributed by atoms with Crippen LogP contribution in [0.2, 0.25) is 0 Å². The first-order valence-electron chi connectivity index (χ1n) is 6.80. The molecule has 0 saturated heterocycles.